The molecule has 1 saturated carbocycles. The van der Waals surface area contributed by atoms with Gasteiger partial charge in [0.2, 0.25) is 0 Å². The molecular weight excluding hydrogens is 240 g/mol. The van der Waals surface area contributed by atoms with E-state index in [9.17, 15) is 9.90 Å². The maximum Gasteiger partial charge on any atom is 0.255 e. The highest BCUT2D eigenvalue weighted by atomic mass is 32.1. The third kappa shape index (κ3) is 2.50. The minimum Gasteiger partial charge on any atom is -0.388 e. The van der Waals surface area contributed by atoms with Gasteiger partial charge in [-0.3, -0.25) is 4.79 Å². The maximum absolute atomic E-state index is 11.2. The number of hydrogen-bond acceptors (Lipinski definition) is 6. The SMILES string of the molecule is NC(=O)c1c(N)nsc1NCC1(O)CCCC1. The third-order valence-corrected chi connectivity index (χ3v) is 3.90. The van der Waals surface area contributed by atoms with Crippen molar-refractivity contribution in [1.82, 2.24) is 4.37 Å². The summed E-state index contributed by atoms with van der Waals surface area (Å²) in [6, 6.07) is 0. The zero-order valence-electron chi connectivity index (χ0n) is 9.40. The molecular formula is C10H16N4O2S. The van der Waals surface area contributed by atoms with Gasteiger partial charge in [0.15, 0.2) is 5.82 Å². The fourth-order valence-corrected chi connectivity index (χ4v) is 2.83. The molecule has 0 bridgehead atoms. The number of nitrogen functional groups attached to an aromatic ring is 1. The van der Waals surface area contributed by atoms with Gasteiger partial charge in [-0.2, -0.15) is 4.37 Å². The first-order chi connectivity index (χ1) is 8.02. The Balaban J connectivity index is 2.06. The summed E-state index contributed by atoms with van der Waals surface area (Å²) in [5.74, 6) is -0.458. The summed E-state index contributed by atoms with van der Waals surface area (Å²) in [7, 11) is 0. The number of carbonyl (C=O) groups excluding carboxylic acids is 1. The van der Waals surface area contributed by atoms with E-state index >= 15 is 0 Å². The van der Waals surface area contributed by atoms with Crippen molar-refractivity contribution >= 4 is 28.3 Å². The smallest absolute Gasteiger partial charge is 0.255 e. The van der Waals surface area contributed by atoms with Crippen molar-refractivity contribution in [2.45, 2.75) is 31.3 Å². The van der Waals surface area contributed by atoms with Crippen LogP contribution in [0.25, 0.3) is 0 Å². The second-order valence-electron chi connectivity index (χ2n) is 4.42. The zero-order chi connectivity index (χ0) is 12.5. The predicted octanol–water partition coefficient (Wildman–Crippen LogP) is 0.541. The van der Waals surface area contributed by atoms with Crippen molar-refractivity contribution in [3.05, 3.63) is 5.56 Å². The molecule has 1 fully saturated rings. The van der Waals surface area contributed by atoms with E-state index in [1.807, 2.05) is 0 Å². The number of aromatic nitrogens is 1. The standard InChI is InChI=1S/C10H16N4O2S/c11-7-6(8(12)15)9(17-14-7)13-5-10(16)3-1-2-4-10/h13,16H,1-5H2,(H2,11,14)(H2,12,15). The van der Waals surface area contributed by atoms with Crippen molar-refractivity contribution in [2.24, 2.45) is 5.73 Å². The summed E-state index contributed by atoms with van der Waals surface area (Å²) in [5.41, 5.74) is 10.3. The zero-order valence-corrected chi connectivity index (χ0v) is 10.2. The number of primary amides is 1. The van der Waals surface area contributed by atoms with Crippen LogP contribution in [0.5, 0.6) is 0 Å². The normalized spacial score (nSPS) is 18.2. The molecule has 2 rings (SSSR count). The molecule has 0 aliphatic heterocycles. The lowest BCUT2D eigenvalue weighted by Crippen LogP contribution is -2.33. The first-order valence-electron chi connectivity index (χ1n) is 5.53. The van der Waals surface area contributed by atoms with E-state index in [1.54, 1.807) is 0 Å². The fraction of sp³-hybridized carbons (Fsp3) is 0.600. The molecule has 7 heteroatoms. The van der Waals surface area contributed by atoms with Crippen molar-refractivity contribution in [2.75, 3.05) is 17.6 Å². The molecule has 1 aromatic heterocycles. The Hall–Kier alpha value is -1.34. The van der Waals surface area contributed by atoms with E-state index < -0.39 is 11.5 Å². The number of nitrogens with zero attached hydrogens (tertiary/aromatic N) is 1. The summed E-state index contributed by atoms with van der Waals surface area (Å²) < 4.78 is 3.88. The van der Waals surface area contributed by atoms with Gasteiger partial charge in [-0.1, -0.05) is 12.8 Å². The highest BCUT2D eigenvalue weighted by Gasteiger charge is 2.31. The Morgan fingerprint density at radius 3 is 2.76 bits per heavy atom. The molecule has 94 valence electrons. The van der Waals surface area contributed by atoms with Crippen LogP contribution < -0.4 is 16.8 Å². The summed E-state index contributed by atoms with van der Waals surface area (Å²) >= 11 is 1.09. The second-order valence-corrected chi connectivity index (χ2v) is 5.19. The molecule has 0 spiro atoms. The van der Waals surface area contributed by atoms with Crippen molar-refractivity contribution < 1.29 is 9.90 Å². The largest absolute Gasteiger partial charge is 0.388 e. The van der Waals surface area contributed by atoms with Gasteiger partial charge >= 0.3 is 0 Å². The Labute approximate surface area is 103 Å². The van der Waals surface area contributed by atoms with Crippen LogP contribution in [0, 0.1) is 0 Å². The summed E-state index contributed by atoms with van der Waals surface area (Å²) in [4.78, 5) is 11.2. The monoisotopic (exact) mass is 256 g/mol. The molecule has 0 atom stereocenters. The van der Waals surface area contributed by atoms with Gasteiger partial charge < -0.3 is 21.9 Å². The van der Waals surface area contributed by atoms with E-state index in [1.165, 1.54) is 0 Å². The van der Waals surface area contributed by atoms with Crippen molar-refractivity contribution in [1.29, 1.82) is 0 Å². The highest BCUT2D eigenvalue weighted by Crippen LogP contribution is 2.32. The van der Waals surface area contributed by atoms with Crippen molar-refractivity contribution in [3.63, 3.8) is 0 Å². The molecule has 0 unspecified atom stereocenters. The lowest BCUT2D eigenvalue weighted by atomic mass is 10.0. The van der Waals surface area contributed by atoms with Crippen LogP contribution in [0.1, 0.15) is 36.0 Å². The molecule has 0 aromatic carbocycles. The van der Waals surface area contributed by atoms with E-state index in [4.69, 9.17) is 11.5 Å². The number of carbonyl (C=O) groups is 1. The van der Waals surface area contributed by atoms with E-state index in [0.717, 1.165) is 37.2 Å². The molecule has 6 nitrogen and oxygen atoms in total. The van der Waals surface area contributed by atoms with Crippen LogP contribution in [0.4, 0.5) is 10.8 Å². The number of hydrogen-bond donors (Lipinski definition) is 4. The van der Waals surface area contributed by atoms with Crippen LogP contribution >= 0.6 is 11.5 Å². The highest BCUT2D eigenvalue weighted by molar-refractivity contribution is 7.11. The third-order valence-electron chi connectivity index (χ3n) is 3.08. The first kappa shape index (κ1) is 12.1. The molecule has 1 amide bonds. The fourth-order valence-electron chi connectivity index (χ4n) is 2.12. The minimum absolute atomic E-state index is 0.142. The Bertz CT molecular complexity index is 426. The Kier molecular flexibility index (Phi) is 3.21. The van der Waals surface area contributed by atoms with Gasteiger partial charge in [0, 0.05) is 6.54 Å². The Morgan fingerprint density at radius 1 is 1.53 bits per heavy atom. The molecule has 1 heterocycles. The van der Waals surface area contributed by atoms with Gasteiger partial charge in [0.1, 0.15) is 10.6 Å². The molecule has 1 aliphatic rings. The van der Waals surface area contributed by atoms with Gasteiger partial charge in [-0.25, -0.2) is 0 Å². The average Bonchev–Trinajstić information content (AvgIpc) is 2.83. The molecule has 0 radical (unpaired) electrons. The molecule has 6 N–H and O–H groups in total. The molecule has 1 aromatic rings. The van der Waals surface area contributed by atoms with E-state index in [2.05, 4.69) is 9.69 Å². The number of amides is 1. The predicted molar refractivity (Wildman–Crippen MR) is 67.0 cm³/mol. The van der Waals surface area contributed by atoms with E-state index in [0.29, 0.717) is 11.5 Å². The van der Waals surface area contributed by atoms with Gasteiger partial charge in [0.05, 0.1) is 5.60 Å². The maximum atomic E-state index is 11.2. The summed E-state index contributed by atoms with van der Waals surface area (Å²) in [5, 5.41) is 13.7. The van der Waals surface area contributed by atoms with Gasteiger partial charge in [-0.05, 0) is 24.4 Å². The Morgan fingerprint density at radius 2 is 2.18 bits per heavy atom. The van der Waals surface area contributed by atoms with Crippen LogP contribution in [0.15, 0.2) is 0 Å². The number of aliphatic hydroxyl groups is 1. The van der Waals surface area contributed by atoms with Crippen LogP contribution in [0.2, 0.25) is 0 Å². The minimum atomic E-state index is -0.687. The molecule has 1 aliphatic carbocycles. The lowest BCUT2D eigenvalue weighted by Gasteiger charge is -2.22. The van der Waals surface area contributed by atoms with E-state index in [-0.39, 0.29) is 11.4 Å². The number of anilines is 2. The quantitative estimate of drug-likeness (QED) is 0.628. The van der Waals surface area contributed by atoms with Gasteiger partial charge in [0.25, 0.3) is 5.91 Å². The van der Waals surface area contributed by atoms with Crippen LogP contribution in [-0.4, -0.2) is 27.5 Å². The average molecular weight is 256 g/mol. The number of nitrogens with one attached hydrogen (secondary N) is 1. The van der Waals surface area contributed by atoms with Gasteiger partial charge in [-0.15, -0.1) is 0 Å². The first-order valence-corrected chi connectivity index (χ1v) is 6.30. The topological polar surface area (TPSA) is 114 Å². The number of rotatable bonds is 4. The van der Waals surface area contributed by atoms with Crippen LogP contribution in [0.3, 0.4) is 0 Å². The second kappa shape index (κ2) is 4.50. The summed E-state index contributed by atoms with van der Waals surface area (Å²) in [6.45, 7) is 0.398. The van der Waals surface area contributed by atoms with Crippen molar-refractivity contribution in [3.8, 4) is 0 Å². The molecule has 17 heavy (non-hydrogen) atoms. The van der Waals surface area contributed by atoms with Crippen LogP contribution in [-0.2, 0) is 0 Å². The lowest BCUT2D eigenvalue weighted by molar-refractivity contribution is 0.0615. The molecule has 0 saturated heterocycles. The number of nitrogens with two attached hydrogens (primary N) is 2. The summed E-state index contributed by atoms with van der Waals surface area (Å²) in [6.07, 6.45) is 3.62.